The third kappa shape index (κ3) is 3.03. The molecular weight excluding hydrogens is 244 g/mol. The predicted molar refractivity (Wildman–Crippen MR) is 78.7 cm³/mol. The highest BCUT2D eigenvalue weighted by molar-refractivity contribution is 6.33. The number of hydrogen-bond donors (Lipinski definition) is 1. The number of rotatable bonds is 3. The molecule has 2 aromatic carbocycles. The van der Waals surface area contributed by atoms with E-state index in [4.69, 9.17) is 17.3 Å². The van der Waals surface area contributed by atoms with E-state index >= 15 is 0 Å². The molecule has 2 rings (SSSR count). The Kier molecular flexibility index (Phi) is 3.90. The molecule has 94 valence electrons. The third-order valence-corrected chi connectivity index (χ3v) is 3.07. The number of nitrogens with zero attached hydrogens (tertiary/aromatic N) is 1. The highest BCUT2D eigenvalue weighted by atomic mass is 35.5. The Bertz CT molecular complexity index is 533. The van der Waals surface area contributed by atoms with Crippen LogP contribution in [0.15, 0.2) is 42.5 Å². The van der Waals surface area contributed by atoms with E-state index < -0.39 is 0 Å². The van der Waals surface area contributed by atoms with Gasteiger partial charge in [-0.1, -0.05) is 41.9 Å². The number of nitrogen functional groups attached to an aromatic ring is 1. The Labute approximate surface area is 113 Å². The quantitative estimate of drug-likeness (QED) is 0.854. The van der Waals surface area contributed by atoms with Crippen molar-refractivity contribution < 1.29 is 0 Å². The van der Waals surface area contributed by atoms with Crippen molar-refractivity contribution in [1.29, 1.82) is 0 Å². The molecule has 0 aliphatic carbocycles. The largest absolute Gasteiger partial charge is 0.399 e. The maximum atomic E-state index is 6.20. The van der Waals surface area contributed by atoms with Crippen molar-refractivity contribution in [2.75, 3.05) is 19.8 Å². The van der Waals surface area contributed by atoms with Gasteiger partial charge in [0.05, 0.1) is 5.02 Å². The molecule has 0 aromatic heterocycles. The first kappa shape index (κ1) is 12.9. The molecule has 2 aromatic rings. The highest BCUT2D eigenvalue weighted by Gasteiger charge is 2.04. The Morgan fingerprint density at radius 1 is 1.06 bits per heavy atom. The molecule has 0 spiro atoms. The Morgan fingerprint density at radius 3 is 2.28 bits per heavy atom. The number of benzene rings is 2. The molecule has 0 saturated carbocycles. The molecule has 3 heteroatoms. The summed E-state index contributed by atoms with van der Waals surface area (Å²) in [6.07, 6.45) is 0. The average Bonchev–Trinajstić information content (AvgIpc) is 2.30. The molecule has 2 nitrogen and oxygen atoms in total. The van der Waals surface area contributed by atoms with E-state index in [1.54, 1.807) is 6.07 Å². The fourth-order valence-electron chi connectivity index (χ4n) is 1.92. The number of nitrogens with two attached hydrogens (primary N) is 1. The monoisotopic (exact) mass is 260 g/mol. The lowest BCUT2D eigenvalue weighted by Gasteiger charge is -2.11. The van der Waals surface area contributed by atoms with Gasteiger partial charge in [0.15, 0.2) is 0 Å². The van der Waals surface area contributed by atoms with Gasteiger partial charge in [0.2, 0.25) is 0 Å². The van der Waals surface area contributed by atoms with E-state index in [9.17, 15) is 0 Å². The molecule has 0 radical (unpaired) electrons. The summed E-state index contributed by atoms with van der Waals surface area (Å²) in [7, 11) is 4.12. The molecule has 0 aliphatic heterocycles. The summed E-state index contributed by atoms with van der Waals surface area (Å²) in [5.41, 5.74) is 9.80. The van der Waals surface area contributed by atoms with Crippen molar-refractivity contribution in [1.82, 2.24) is 4.90 Å². The summed E-state index contributed by atoms with van der Waals surface area (Å²) in [5, 5.41) is 0.690. The van der Waals surface area contributed by atoms with Crippen molar-refractivity contribution in [3.8, 4) is 11.1 Å². The molecule has 0 heterocycles. The van der Waals surface area contributed by atoms with E-state index in [-0.39, 0.29) is 0 Å². The van der Waals surface area contributed by atoms with Crippen molar-refractivity contribution in [2.24, 2.45) is 0 Å². The van der Waals surface area contributed by atoms with Crippen LogP contribution in [0.2, 0.25) is 5.02 Å². The predicted octanol–water partition coefficient (Wildman–Crippen LogP) is 3.65. The van der Waals surface area contributed by atoms with Gasteiger partial charge < -0.3 is 10.6 Å². The SMILES string of the molecule is CN(C)Cc1ccc(-c2ccc(N)cc2Cl)cc1. The van der Waals surface area contributed by atoms with Gasteiger partial charge >= 0.3 is 0 Å². The molecule has 0 atom stereocenters. The second-order valence-electron chi connectivity index (χ2n) is 4.67. The summed E-state index contributed by atoms with van der Waals surface area (Å²) < 4.78 is 0. The van der Waals surface area contributed by atoms with E-state index in [2.05, 4.69) is 43.3 Å². The lowest BCUT2D eigenvalue weighted by molar-refractivity contribution is 0.402. The summed E-state index contributed by atoms with van der Waals surface area (Å²) in [4.78, 5) is 2.14. The first-order valence-electron chi connectivity index (χ1n) is 5.85. The summed E-state index contributed by atoms with van der Waals surface area (Å²) in [6, 6.07) is 14.1. The summed E-state index contributed by atoms with van der Waals surface area (Å²) in [5.74, 6) is 0. The molecule has 18 heavy (non-hydrogen) atoms. The fraction of sp³-hybridized carbons (Fsp3) is 0.200. The van der Waals surface area contributed by atoms with Crippen LogP contribution in [0, 0.1) is 0 Å². The minimum absolute atomic E-state index is 0.688. The van der Waals surface area contributed by atoms with Crippen LogP contribution in [0.25, 0.3) is 11.1 Å². The van der Waals surface area contributed by atoms with Gasteiger partial charge in [-0.2, -0.15) is 0 Å². The summed E-state index contributed by atoms with van der Waals surface area (Å²) >= 11 is 6.20. The lowest BCUT2D eigenvalue weighted by atomic mass is 10.0. The normalized spacial score (nSPS) is 10.9. The van der Waals surface area contributed by atoms with Crippen molar-refractivity contribution >= 4 is 17.3 Å². The van der Waals surface area contributed by atoms with Gasteiger partial charge in [-0.15, -0.1) is 0 Å². The van der Waals surface area contributed by atoms with Gasteiger partial charge in [-0.05, 0) is 37.4 Å². The minimum Gasteiger partial charge on any atom is -0.399 e. The van der Waals surface area contributed by atoms with Crippen LogP contribution >= 0.6 is 11.6 Å². The zero-order valence-electron chi connectivity index (χ0n) is 10.7. The van der Waals surface area contributed by atoms with Crippen molar-refractivity contribution in [3.63, 3.8) is 0 Å². The van der Waals surface area contributed by atoms with Crippen LogP contribution < -0.4 is 5.73 Å². The van der Waals surface area contributed by atoms with Gasteiger partial charge in [-0.25, -0.2) is 0 Å². The fourth-order valence-corrected chi connectivity index (χ4v) is 2.22. The standard InChI is InChI=1S/C15H17ClN2/c1-18(2)10-11-3-5-12(6-4-11)14-8-7-13(17)9-15(14)16/h3-9H,10,17H2,1-2H3. The van der Waals surface area contributed by atoms with E-state index in [0.717, 1.165) is 17.7 Å². The van der Waals surface area contributed by atoms with Crippen molar-refractivity contribution in [2.45, 2.75) is 6.54 Å². The van der Waals surface area contributed by atoms with Gasteiger partial charge in [0.1, 0.15) is 0 Å². The molecule has 0 saturated heterocycles. The molecule has 0 amide bonds. The van der Waals surface area contributed by atoms with E-state index in [0.29, 0.717) is 10.7 Å². The third-order valence-electron chi connectivity index (χ3n) is 2.76. The van der Waals surface area contributed by atoms with Crippen LogP contribution in [0.3, 0.4) is 0 Å². The van der Waals surface area contributed by atoms with Crippen LogP contribution in [0.1, 0.15) is 5.56 Å². The number of hydrogen-bond acceptors (Lipinski definition) is 2. The topological polar surface area (TPSA) is 29.3 Å². The Morgan fingerprint density at radius 2 is 1.72 bits per heavy atom. The first-order chi connectivity index (χ1) is 8.56. The zero-order valence-corrected chi connectivity index (χ0v) is 11.4. The second-order valence-corrected chi connectivity index (χ2v) is 5.08. The van der Waals surface area contributed by atoms with Crippen molar-refractivity contribution in [3.05, 3.63) is 53.1 Å². The average molecular weight is 261 g/mol. The second kappa shape index (κ2) is 5.42. The molecule has 0 fully saturated rings. The highest BCUT2D eigenvalue weighted by Crippen LogP contribution is 2.29. The Hall–Kier alpha value is -1.51. The first-order valence-corrected chi connectivity index (χ1v) is 6.23. The smallest absolute Gasteiger partial charge is 0.0504 e. The van der Waals surface area contributed by atoms with Crippen LogP contribution in [0.4, 0.5) is 5.69 Å². The number of anilines is 1. The maximum absolute atomic E-state index is 6.20. The zero-order chi connectivity index (χ0) is 13.1. The van der Waals surface area contributed by atoms with Gasteiger partial charge in [0.25, 0.3) is 0 Å². The molecule has 2 N–H and O–H groups in total. The van der Waals surface area contributed by atoms with Gasteiger partial charge in [0, 0.05) is 17.8 Å². The number of halogens is 1. The van der Waals surface area contributed by atoms with Crippen LogP contribution in [-0.2, 0) is 6.54 Å². The van der Waals surface area contributed by atoms with Gasteiger partial charge in [-0.3, -0.25) is 0 Å². The molecular formula is C15H17ClN2. The maximum Gasteiger partial charge on any atom is 0.0504 e. The summed E-state index contributed by atoms with van der Waals surface area (Å²) in [6.45, 7) is 0.940. The molecule has 0 aliphatic rings. The minimum atomic E-state index is 0.688. The lowest BCUT2D eigenvalue weighted by Crippen LogP contribution is -2.10. The van der Waals surface area contributed by atoms with E-state index in [1.807, 2.05) is 12.1 Å². The van der Waals surface area contributed by atoms with Crippen LogP contribution in [0.5, 0.6) is 0 Å². The molecule has 0 bridgehead atoms. The van der Waals surface area contributed by atoms with Crippen LogP contribution in [-0.4, -0.2) is 19.0 Å². The molecule has 0 unspecified atom stereocenters. The Balaban J connectivity index is 2.28. The van der Waals surface area contributed by atoms with E-state index in [1.165, 1.54) is 5.56 Å².